The van der Waals surface area contributed by atoms with E-state index in [1.165, 1.54) is 0 Å². The van der Waals surface area contributed by atoms with Gasteiger partial charge in [0, 0.05) is 5.56 Å². The molecule has 0 aliphatic carbocycles. The maximum atomic E-state index is 12.3. The maximum Gasteiger partial charge on any atom is 0.280 e. The number of rotatable bonds is 5. The fourth-order valence-corrected chi connectivity index (χ4v) is 3.04. The molecule has 3 amide bonds. The zero-order chi connectivity index (χ0) is 19.5. The Kier molecular flexibility index (Phi) is 4.60. The van der Waals surface area contributed by atoms with Crippen LogP contribution >= 0.6 is 0 Å². The number of amides is 3. The highest BCUT2D eigenvalue weighted by Gasteiger charge is 2.36. The van der Waals surface area contributed by atoms with Crippen molar-refractivity contribution in [3.63, 3.8) is 0 Å². The molecule has 138 valence electrons. The van der Waals surface area contributed by atoms with Crippen LogP contribution in [0.15, 0.2) is 78.9 Å². The molecule has 0 radical (unpaired) electrons. The molecule has 0 bridgehead atoms. The van der Waals surface area contributed by atoms with Crippen molar-refractivity contribution in [1.29, 1.82) is 0 Å². The van der Waals surface area contributed by atoms with E-state index in [4.69, 9.17) is 4.74 Å². The number of hydrazine groups is 1. The molecule has 1 aliphatic rings. The number of carbonyl (C=O) groups excluding carboxylic acids is 3. The Morgan fingerprint density at radius 1 is 0.750 bits per heavy atom. The van der Waals surface area contributed by atoms with Crippen molar-refractivity contribution in [2.75, 3.05) is 6.61 Å². The van der Waals surface area contributed by atoms with E-state index in [0.717, 1.165) is 16.1 Å². The quantitative estimate of drug-likeness (QED) is 0.699. The van der Waals surface area contributed by atoms with Gasteiger partial charge in [0.15, 0.2) is 6.61 Å². The summed E-state index contributed by atoms with van der Waals surface area (Å²) in [5, 5.41) is 0.722. The Morgan fingerprint density at radius 3 is 1.93 bits per heavy atom. The Morgan fingerprint density at radius 2 is 1.29 bits per heavy atom. The fraction of sp³-hybridized carbons (Fsp3) is 0.0455. The molecule has 0 saturated heterocycles. The lowest BCUT2D eigenvalue weighted by Crippen LogP contribution is -2.47. The van der Waals surface area contributed by atoms with E-state index in [2.05, 4.69) is 5.43 Å². The van der Waals surface area contributed by atoms with Gasteiger partial charge in [-0.2, -0.15) is 5.01 Å². The fourth-order valence-electron chi connectivity index (χ4n) is 3.04. The van der Waals surface area contributed by atoms with Crippen LogP contribution in [-0.2, 0) is 4.79 Å². The van der Waals surface area contributed by atoms with E-state index in [1.807, 2.05) is 48.5 Å². The number of ether oxygens (including phenoxy) is 1. The number of nitrogens with one attached hydrogen (secondary N) is 1. The summed E-state index contributed by atoms with van der Waals surface area (Å²) in [6.07, 6.45) is 0. The van der Waals surface area contributed by atoms with E-state index >= 15 is 0 Å². The van der Waals surface area contributed by atoms with Gasteiger partial charge < -0.3 is 4.74 Å². The Balaban J connectivity index is 1.44. The van der Waals surface area contributed by atoms with E-state index in [1.54, 1.807) is 30.3 Å². The number of imide groups is 1. The number of hydrogen-bond donors (Lipinski definition) is 1. The van der Waals surface area contributed by atoms with Gasteiger partial charge in [0.2, 0.25) is 0 Å². The van der Waals surface area contributed by atoms with Gasteiger partial charge in [0.05, 0.1) is 11.1 Å². The van der Waals surface area contributed by atoms with Gasteiger partial charge in [-0.25, -0.2) is 0 Å². The molecule has 0 fully saturated rings. The summed E-state index contributed by atoms with van der Waals surface area (Å²) < 4.78 is 5.65. The van der Waals surface area contributed by atoms with Crippen molar-refractivity contribution >= 4 is 17.7 Å². The topological polar surface area (TPSA) is 75.7 Å². The van der Waals surface area contributed by atoms with Crippen LogP contribution in [0.2, 0.25) is 0 Å². The van der Waals surface area contributed by atoms with Crippen LogP contribution in [0.3, 0.4) is 0 Å². The van der Waals surface area contributed by atoms with Crippen LogP contribution < -0.4 is 10.2 Å². The van der Waals surface area contributed by atoms with Crippen molar-refractivity contribution in [1.82, 2.24) is 10.4 Å². The molecule has 28 heavy (non-hydrogen) atoms. The second kappa shape index (κ2) is 7.36. The van der Waals surface area contributed by atoms with Crippen molar-refractivity contribution in [2.24, 2.45) is 0 Å². The summed E-state index contributed by atoms with van der Waals surface area (Å²) in [5.41, 5.74) is 4.66. The summed E-state index contributed by atoms with van der Waals surface area (Å²) in [7, 11) is 0. The average molecular weight is 372 g/mol. The van der Waals surface area contributed by atoms with Crippen molar-refractivity contribution in [3.8, 4) is 16.9 Å². The number of para-hydroxylation sites is 1. The average Bonchev–Trinajstić information content (AvgIpc) is 2.98. The summed E-state index contributed by atoms with van der Waals surface area (Å²) >= 11 is 0. The van der Waals surface area contributed by atoms with Gasteiger partial charge >= 0.3 is 0 Å². The van der Waals surface area contributed by atoms with Crippen LogP contribution in [0.4, 0.5) is 0 Å². The lowest BCUT2D eigenvalue weighted by atomic mass is 10.1. The van der Waals surface area contributed by atoms with Crippen LogP contribution in [0.5, 0.6) is 5.75 Å². The largest absolute Gasteiger partial charge is 0.483 e. The van der Waals surface area contributed by atoms with E-state index < -0.39 is 17.7 Å². The zero-order valence-corrected chi connectivity index (χ0v) is 14.8. The molecule has 1 N–H and O–H groups in total. The number of nitrogens with zero attached hydrogens (tertiary/aromatic N) is 1. The molecule has 1 aliphatic heterocycles. The van der Waals surface area contributed by atoms with Crippen molar-refractivity contribution < 1.29 is 19.1 Å². The number of hydrogen-bond acceptors (Lipinski definition) is 4. The van der Waals surface area contributed by atoms with Crippen LogP contribution in [0, 0.1) is 0 Å². The predicted molar refractivity (Wildman–Crippen MR) is 102 cm³/mol. The van der Waals surface area contributed by atoms with Gasteiger partial charge in [-0.3, -0.25) is 19.8 Å². The molecular weight excluding hydrogens is 356 g/mol. The first-order valence-corrected chi connectivity index (χ1v) is 8.69. The van der Waals surface area contributed by atoms with Gasteiger partial charge in [0.25, 0.3) is 17.7 Å². The minimum atomic E-state index is -0.600. The number of carbonyl (C=O) groups is 3. The molecule has 0 atom stereocenters. The first-order chi connectivity index (χ1) is 13.6. The molecule has 6 heteroatoms. The molecule has 0 saturated carbocycles. The third-order valence-corrected chi connectivity index (χ3v) is 4.36. The molecule has 0 aromatic heterocycles. The maximum absolute atomic E-state index is 12.3. The van der Waals surface area contributed by atoms with Gasteiger partial charge in [-0.05, 0) is 23.8 Å². The summed E-state index contributed by atoms with van der Waals surface area (Å²) in [6, 6.07) is 23.4. The lowest BCUT2D eigenvalue weighted by Gasteiger charge is -2.16. The molecule has 4 rings (SSSR count). The summed E-state index contributed by atoms with van der Waals surface area (Å²) in [6.45, 7) is -0.336. The first kappa shape index (κ1) is 17.5. The molecule has 3 aromatic rings. The molecule has 3 aromatic carbocycles. The normalized spacial score (nSPS) is 12.6. The molecule has 0 unspecified atom stereocenters. The van der Waals surface area contributed by atoms with Crippen LogP contribution in [0.25, 0.3) is 11.1 Å². The minimum absolute atomic E-state index is 0.267. The van der Waals surface area contributed by atoms with Gasteiger partial charge in [-0.1, -0.05) is 60.7 Å². The van der Waals surface area contributed by atoms with E-state index in [9.17, 15) is 14.4 Å². The van der Waals surface area contributed by atoms with Gasteiger partial charge in [0.1, 0.15) is 5.75 Å². The third-order valence-electron chi connectivity index (χ3n) is 4.36. The minimum Gasteiger partial charge on any atom is -0.483 e. The molecule has 6 nitrogen and oxygen atoms in total. The lowest BCUT2D eigenvalue weighted by molar-refractivity contribution is -0.126. The highest BCUT2D eigenvalue weighted by atomic mass is 16.5. The molecule has 1 heterocycles. The summed E-state index contributed by atoms with van der Waals surface area (Å²) in [5.74, 6) is -1.18. The SMILES string of the molecule is O=C(COc1ccccc1-c1ccccc1)NN1C(=O)c2ccccc2C1=O. The summed E-state index contributed by atoms with van der Waals surface area (Å²) in [4.78, 5) is 36.9. The highest BCUT2D eigenvalue weighted by Crippen LogP contribution is 2.29. The van der Waals surface area contributed by atoms with Crippen molar-refractivity contribution in [3.05, 3.63) is 90.0 Å². The zero-order valence-electron chi connectivity index (χ0n) is 14.8. The standard InChI is InChI=1S/C22H16N2O4/c25-20(23-24-21(26)17-11-4-5-12-18(17)22(24)27)14-28-19-13-7-6-10-16(19)15-8-2-1-3-9-15/h1-13H,14H2,(H,23,25). The Bertz CT molecular complexity index is 1030. The van der Waals surface area contributed by atoms with Gasteiger partial charge in [-0.15, -0.1) is 0 Å². The van der Waals surface area contributed by atoms with Crippen LogP contribution in [-0.4, -0.2) is 29.3 Å². The number of benzene rings is 3. The Hall–Kier alpha value is -3.93. The second-order valence-electron chi connectivity index (χ2n) is 6.18. The predicted octanol–water partition coefficient (Wildman–Crippen LogP) is 3.06. The first-order valence-electron chi connectivity index (χ1n) is 8.69. The number of fused-ring (bicyclic) bond motifs is 1. The monoisotopic (exact) mass is 372 g/mol. The smallest absolute Gasteiger partial charge is 0.280 e. The van der Waals surface area contributed by atoms with Crippen LogP contribution in [0.1, 0.15) is 20.7 Å². The van der Waals surface area contributed by atoms with E-state index in [0.29, 0.717) is 5.75 Å². The molecule has 0 spiro atoms. The highest BCUT2D eigenvalue weighted by molar-refractivity contribution is 6.21. The Labute approximate surface area is 161 Å². The second-order valence-corrected chi connectivity index (χ2v) is 6.18. The van der Waals surface area contributed by atoms with E-state index in [-0.39, 0.29) is 17.7 Å². The third kappa shape index (κ3) is 3.23. The molecular formula is C22H16N2O4. The van der Waals surface area contributed by atoms with Crippen molar-refractivity contribution in [2.45, 2.75) is 0 Å².